The van der Waals surface area contributed by atoms with E-state index in [9.17, 15) is 10.1 Å². The van der Waals surface area contributed by atoms with E-state index in [-0.39, 0.29) is 12.0 Å². The number of piperazine rings is 1. The van der Waals surface area contributed by atoms with Crippen molar-refractivity contribution in [3.05, 3.63) is 29.2 Å². The molecule has 1 atom stereocenters. The van der Waals surface area contributed by atoms with Crippen molar-refractivity contribution < 1.29 is 4.79 Å². The number of hydrogen-bond donors (Lipinski definition) is 1. The number of aromatic nitrogens is 3. The second kappa shape index (κ2) is 7.08. The van der Waals surface area contributed by atoms with Crippen molar-refractivity contribution in [1.29, 1.82) is 5.26 Å². The molecule has 3 saturated carbocycles. The van der Waals surface area contributed by atoms with Gasteiger partial charge in [0.05, 0.1) is 23.5 Å². The van der Waals surface area contributed by atoms with Crippen LogP contribution in [0.25, 0.3) is 11.1 Å². The van der Waals surface area contributed by atoms with Crippen LogP contribution in [0.15, 0.2) is 12.4 Å². The van der Waals surface area contributed by atoms with Crippen molar-refractivity contribution in [3.8, 4) is 17.2 Å². The first kappa shape index (κ1) is 18.9. The zero-order chi connectivity index (χ0) is 21.1. The first-order valence-electron chi connectivity index (χ1n) is 11.6. The number of nitrogens with one attached hydrogen (secondary N) is 1. The Bertz CT molecular complexity index is 1060. The average Bonchev–Trinajstić information content (AvgIpc) is 3.65. The minimum absolute atomic E-state index is 0.258. The Hall–Kier alpha value is -2.88. The van der Waals surface area contributed by atoms with Crippen molar-refractivity contribution in [2.24, 2.45) is 11.8 Å². The fraction of sp³-hybridized carbons (Fsp3) is 0.583. The van der Waals surface area contributed by atoms with Crippen LogP contribution in [0.1, 0.15) is 61.3 Å². The maximum Gasteiger partial charge on any atom is 0.226 e. The number of carbonyl (C=O) groups is 1. The maximum atomic E-state index is 12.9. The summed E-state index contributed by atoms with van der Waals surface area (Å²) in [4.78, 5) is 22.5. The van der Waals surface area contributed by atoms with Gasteiger partial charge in [-0.25, -0.2) is 4.98 Å². The fourth-order valence-electron chi connectivity index (χ4n) is 5.20. The molecule has 0 radical (unpaired) electrons. The van der Waals surface area contributed by atoms with Crippen LogP contribution < -0.4 is 4.90 Å². The van der Waals surface area contributed by atoms with Gasteiger partial charge in [0.15, 0.2) is 0 Å². The molecule has 3 heterocycles. The van der Waals surface area contributed by atoms with Crippen molar-refractivity contribution in [1.82, 2.24) is 20.1 Å². The third-order valence-corrected chi connectivity index (χ3v) is 7.41. The molecule has 1 N–H and O–H groups in total. The van der Waals surface area contributed by atoms with Crippen molar-refractivity contribution in [3.63, 3.8) is 0 Å². The first-order chi connectivity index (χ1) is 15.2. The number of aromatic amines is 1. The van der Waals surface area contributed by atoms with Crippen molar-refractivity contribution in [2.45, 2.75) is 57.4 Å². The Morgan fingerprint density at radius 1 is 1.19 bits per heavy atom. The van der Waals surface area contributed by atoms with E-state index in [1.807, 2.05) is 19.3 Å². The van der Waals surface area contributed by atoms with Gasteiger partial charge in [-0.15, -0.1) is 0 Å². The normalized spacial score (nSPS) is 23.7. The molecule has 6 rings (SSSR count). The van der Waals surface area contributed by atoms with Gasteiger partial charge in [-0.3, -0.25) is 9.89 Å². The molecule has 1 aliphatic heterocycles. The minimum atomic E-state index is 0.258. The zero-order valence-electron chi connectivity index (χ0n) is 18.0. The lowest BCUT2D eigenvalue weighted by atomic mass is 9.95. The van der Waals surface area contributed by atoms with Crippen LogP contribution in [-0.2, 0) is 4.79 Å². The third-order valence-electron chi connectivity index (χ3n) is 7.41. The molecule has 2 aromatic rings. The molecule has 1 unspecified atom stereocenters. The van der Waals surface area contributed by atoms with Crippen LogP contribution in [0, 0.1) is 30.1 Å². The highest BCUT2D eigenvalue weighted by atomic mass is 16.2. The largest absolute Gasteiger partial charge is 0.352 e. The van der Waals surface area contributed by atoms with E-state index < -0.39 is 0 Å². The average molecular weight is 417 g/mol. The number of hydrogen-bond acceptors (Lipinski definition) is 5. The van der Waals surface area contributed by atoms with Crippen LogP contribution in [-0.4, -0.2) is 51.7 Å². The van der Waals surface area contributed by atoms with Gasteiger partial charge in [0.2, 0.25) is 5.91 Å². The molecule has 0 aromatic carbocycles. The number of rotatable bonds is 5. The number of pyridine rings is 1. The summed E-state index contributed by atoms with van der Waals surface area (Å²) in [6.45, 7) is 4.32. The monoisotopic (exact) mass is 416 g/mol. The third kappa shape index (κ3) is 3.29. The molecule has 0 spiro atoms. The van der Waals surface area contributed by atoms with Gasteiger partial charge in [-0.2, -0.15) is 10.4 Å². The standard InChI is InChI=1S/C24H28N6O/c1-14-19(10-25)23(28-22(16-4-5-16)21(14)18-11-26-27-12-18)29-8-9-30(24(31)17-6-7-17)20(13-29)15-2-3-15/h11-12,15-17,20H,2-9,13H2,1H3,(H,26,27). The molecule has 7 heteroatoms. The summed E-state index contributed by atoms with van der Waals surface area (Å²) in [6, 6.07) is 2.71. The molecule has 31 heavy (non-hydrogen) atoms. The van der Waals surface area contributed by atoms with E-state index in [1.165, 1.54) is 12.8 Å². The summed E-state index contributed by atoms with van der Waals surface area (Å²) in [5.74, 6) is 2.50. The molecule has 160 valence electrons. The number of nitriles is 1. The van der Waals surface area contributed by atoms with E-state index in [2.05, 4.69) is 26.1 Å². The number of amides is 1. The highest BCUT2D eigenvalue weighted by Gasteiger charge is 2.45. The lowest BCUT2D eigenvalue weighted by Crippen LogP contribution is -2.57. The molecule has 4 aliphatic rings. The van der Waals surface area contributed by atoms with Crippen LogP contribution in [0.2, 0.25) is 0 Å². The molecule has 1 saturated heterocycles. The fourth-order valence-corrected chi connectivity index (χ4v) is 5.20. The molecular formula is C24H28N6O. The second-order valence-electron chi connectivity index (χ2n) is 9.73. The van der Waals surface area contributed by atoms with Gasteiger partial charge in [-0.1, -0.05) is 0 Å². The van der Waals surface area contributed by atoms with Crippen molar-refractivity contribution in [2.75, 3.05) is 24.5 Å². The Kier molecular flexibility index (Phi) is 4.31. The minimum Gasteiger partial charge on any atom is -0.352 e. The van der Waals surface area contributed by atoms with E-state index in [0.717, 1.165) is 73.5 Å². The van der Waals surface area contributed by atoms with Crippen LogP contribution in [0.3, 0.4) is 0 Å². The summed E-state index contributed by atoms with van der Waals surface area (Å²) in [7, 11) is 0. The van der Waals surface area contributed by atoms with Crippen LogP contribution in [0.5, 0.6) is 0 Å². The molecule has 3 aliphatic carbocycles. The molecular weight excluding hydrogens is 388 g/mol. The summed E-state index contributed by atoms with van der Waals surface area (Å²) in [5.41, 5.74) is 4.84. The Morgan fingerprint density at radius 2 is 2.00 bits per heavy atom. The molecule has 7 nitrogen and oxygen atoms in total. The van der Waals surface area contributed by atoms with Crippen molar-refractivity contribution >= 4 is 11.7 Å². The van der Waals surface area contributed by atoms with E-state index >= 15 is 0 Å². The van der Waals surface area contributed by atoms with Gasteiger partial charge in [0.1, 0.15) is 11.9 Å². The van der Waals surface area contributed by atoms with E-state index in [0.29, 0.717) is 23.3 Å². The maximum absolute atomic E-state index is 12.9. The SMILES string of the molecule is Cc1c(C#N)c(N2CCN(C(=O)C3CC3)C(C3CC3)C2)nc(C2CC2)c1-c1cn[nH]c1. The molecule has 2 aromatic heterocycles. The number of carbonyl (C=O) groups excluding carboxylic acids is 1. The predicted molar refractivity (Wildman–Crippen MR) is 116 cm³/mol. The molecule has 4 fully saturated rings. The number of anilines is 1. The van der Waals surface area contributed by atoms with Crippen LogP contribution in [0.4, 0.5) is 5.82 Å². The van der Waals surface area contributed by atoms with Gasteiger partial charge < -0.3 is 9.80 Å². The second-order valence-corrected chi connectivity index (χ2v) is 9.73. The Morgan fingerprint density at radius 3 is 2.61 bits per heavy atom. The summed E-state index contributed by atoms with van der Waals surface area (Å²) in [6.07, 6.45) is 10.5. The Labute approximate surface area is 182 Å². The smallest absolute Gasteiger partial charge is 0.226 e. The number of H-pyrrole nitrogens is 1. The van der Waals surface area contributed by atoms with Gasteiger partial charge in [0, 0.05) is 48.8 Å². The topological polar surface area (TPSA) is 88.9 Å². The van der Waals surface area contributed by atoms with E-state index in [1.54, 1.807) is 0 Å². The van der Waals surface area contributed by atoms with Gasteiger partial charge in [-0.05, 0) is 56.9 Å². The predicted octanol–water partition coefficient (Wildman–Crippen LogP) is 3.37. The summed E-state index contributed by atoms with van der Waals surface area (Å²) < 4.78 is 0. The molecule has 1 amide bonds. The highest BCUT2D eigenvalue weighted by molar-refractivity contribution is 5.82. The quantitative estimate of drug-likeness (QED) is 0.807. The van der Waals surface area contributed by atoms with Crippen LogP contribution >= 0.6 is 0 Å². The lowest BCUT2D eigenvalue weighted by Gasteiger charge is -2.43. The lowest BCUT2D eigenvalue weighted by molar-refractivity contribution is -0.135. The van der Waals surface area contributed by atoms with Gasteiger partial charge >= 0.3 is 0 Å². The highest BCUT2D eigenvalue weighted by Crippen LogP contribution is 2.47. The first-order valence-corrected chi connectivity index (χ1v) is 11.6. The van der Waals surface area contributed by atoms with E-state index in [4.69, 9.17) is 4.98 Å². The summed E-state index contributed by atoms with van der Waals surface area (Å²) in [5, 5.41) is 17.1. The zero-order valence-corrected chi connectivity index (χ0v) is 18.0. The number of nitrogens with zero attached hydrogens (tertiary/aromatic N) is 5. The van der Waals surface area contributed by atoms with Gasteiger partial charge in [0.25, 0.3) is 0 Å². The summed E-state index contributed by atoms with van der Waals surface area (Å²) >= 11 is 0. The molecule has 0 bridgehead atoms. The Balaban J connectivity index is 1.38.